The maximum Gasteiger partial charge on any atom is 0.0611 e. The van der Waals surface area contributed by atoms with E-state index in [1.165, 1.54) is 18.4 Å². The Morgan fingerprint density at radius 3 is 2.68 bits per heavy atom. The average molecular weight is 261 g/mol. The molecular weight excluding hydrogens is 234 g/mol. The minimum atomic E-state index is -0.255. The van der Waals surface area contributed by atoms with Crippen LogP contribution in [0.1, 0.15) is 44.6 Å². The molecule has 0 bridgehead atoms. The predicted molar refractivity (Wildman–Crippen MR) is 79.9 cm³/mol. The fourth-order valence-corrected chi connectivity index (χ4v) is 3.50. The molecule has 1 aliphatic carbocycles. The van der Waals surface area contributed by atoms with E-state index in [2.05, 4.69) is 31.2 Å². The number of aliphatic hydroxyl groups excluding tert-OH is 1. The molecule has 2 heteroatoms. The molecule has 1 fully saturated rings. The summed E-state index contributed by atoms with van der Waals surface area (Å²) >= 11 is 0. The normalized spacial score (nSPS) is 28.5. The van der Waals surface area contributed by atoms with Crippen molar-refractivity contribution < 1.29 is 5.11 Å². The number of hydrogen-bond donors (Lipinski definition) is 2. The molecule has 1 saturated carbocycles. The van der Waals surface area contributed by atoms with Gasteiger partial charge in [0.1, 0.15) is 0 Å². The number of rotatable bonds is 6. The van der Waals surface area contributed by atoms with E-state index in [1.54, 1.807) is 0 Å². The summed E-state index contributed by atoms with van der Waals surface area (Å²) in [5.74, 6) is 0.759. The Bertz CT molecular complexity index is 378. The molecule has 3 unspecified atom stereocenters. The van der Waals surface area contributed by atoms with E-state index in [9.17, 15) is 5.11 Å². The van der Waals surface area contributed by atoms with Gasteiger partial charge in [-0.3, -0.25) is 0 Å². The van der Waals surface area contributed by atoms with Crippen molar-refractivity contribution in [2.75, 3.05) is 6.54 Å². The SMILES string of the molecule is CCC1CCC(CN)(C(O)CCc2ccccc2)C1. The number of hydrogen-bond acceptors (Lipinski definition) is 2. The molecule has 1 aromatic carbocycles. The van der Waals surface area contributed by atoms with Gasteiger partial charge >= 0.3 is 0 Å². The zero-order valence-corrected chi connectivity index (χ0v) is 12.0. The minimum absolute atomic E-state index is 0.0184. The summed E-state index contributed by atoms with van der Waals surface area (Å²) in [6.07, 6.45) is 6.17. The molecule has 2 rings (SSSR count). The highest BCUT2D eigenvalue weighted by Crippen LogP contribution is 2.45. The summed E-state index contributed by atoms with van der Waals surface area (Å²) in [4.78, 5) is 0. The van der Waals surface area contributed by atoms with Gasteiger partial charge in [0.25, 0.3) is 0 Å². The van der Waals surface area contributed by atoms with Crippen LogP contribution in [0.15, 0.2) is 30.3 Å². The molecule has 0 spiro atoms. The highest BCUT2D eigenvalue weighted by atomic mass is 16.3. The van der Waals surface area contributed by atoms with Gasteiger partial charge in [-0.05, 0) is 43.6 Å². The van der Waals surface area contributed by atoms with Crippen molar-refractivity contribution >= 4 is 0 Å². The highest BCUT2D eigenvalue weighted by Gasteiger charge is 2.42. The van der Waals surface area contributed by atoms with Crippen molar-refractivity contribution in [1.29, 1.82) is 0 Å². The second kappa shape index (κ2) is 6.53. The summed E-state index contributed by atoms with van der Waals surface area (Å²) in [6.45, 7) is 2.87. The molecule has 19 heavy (non-hydrogen) atoms. The molecule has 0 aromatic heterocycles. The molecular formula is C17H27NO. The monoisotopic (exact) mass is 261 g/mol. The third-order valence-electron chi connectivity index (χ3n) is 4.99. The van der Waals surface area contributed by atoms with Gasteiger partial charge in [0.15, 0.2) is 0 Å². The maximum atomic E-state index is 10.6. The molecule has 0 radical (unpaired) electrons. The first-order valence-electron chi connectivity index (χ1n) is 7.62. The van der Waals surface area contributed by atoms with Gasteiger partial charge in [0.2, 0.25) is 0 Å². The predicted octanol–water partition coefficient (Wildman–Crippen LogP) is 3.14. The third-order valence-corrected chi connectivity index (χ3v) is 4.99. The molecule has 1 aromatic rings. The molecule has 0 aliphatic heterocycles. The lowest BCUT2D eigenvalue weighted by Crippen LogP contribution is -2.40. The molecule has 0 amide bonds. The summed E-state index contributed by atoms with van der Waals surface area (Å²) in [6, 6.07) is 10.4. The van der Waals surface area contributed by atoms with Gasteiger partial charge in [-0.1, -0.05) is 43.7 Å². The van der Waals surface area contributed by atoms with E-state index in [-0.39, 0.29) is 11.5 Å². The molecule has 2 nitrogen and oxygen atoms in total. The molecule has 106 valence electrons. The Labute approximate surface area is 117 Å². The van der Waals surface area contributed by atoms with Crippen molar-refractivity contribution in [2.45, 2.75) is 51.6 Å². The number of aliphatic hydroxyl groups is 1. The van der Waals surface area contributed by atoms with E-state index in [0.717, 1.165) is 31.6 Å². The van der Waals surface area contributed by atoms with E-state index in [1.807, 2.05) is 6.07 Å². The maximum absolute atomic E-state index is 10.6. The van der Waals surface area contributed by atoms with Crippen LogP contribution < -0.4 is 5.73 Å². The Hall–Kier alpha value is -0.860. The molecule has 0 heterocycles. The first kappa shape index (κ1) is 14.5. The summed E-state index contributed by atoms with van der Waals surface area (Å²) < 4.78 is 0. The van der Waals surface area contributed by atoms with Crippen LogP contribution in [0, 0.1) is 11.3 Å². The zero-order chi connectivity index (χ0) is 13.7. The van der Waals surface area contributed by atoms with Gasteiger partial charge in [0.05, 0.1) is 6.10 Å². The second-order valence-corrected chi connectivity index (χ2v) is 6.12. The first-order valence-corrected chi connectivity index (χ1v) is 7.62. The Balaban J connectivity index is 1.92. The zero-order valence-electron chi connectivity index (χ0n) is 12.0. The van der Waals surface area contributed by atoms with Crippen molar-refractivity contribution in [2.24, 2.45) is 17.1 Å². The van der Waals surface area contributed by atoms with Crippen molar-refractivity contribution in [3.8, 4) is 0 Å². The van der Waals surface area contributed by atoms with Crippen LogP contribution in [0.4, 0.5) is 0 Å². The standard InChI is InChI=1S/C17H27NO/c1-2-14-10-11-17(12-14,13-18)16(19)9-8-15-6-4-3-5-7-15/h3-7,14,16,19H,2,8-13,18H2,1H3. The van der Waals surface area contributed by atoms with E-state index in [0.29, 0.717) is 6.54 Å². The van der Waals surface area contributed by atoms with Crippen LogP contribution in [0.3, 0.4) is 0 Å². The third kappa shape index (κ3) is 3.37. The van der Waals surface area contributed by atoms with Crippen LogP contribution in [0.2, 0.25) is 0 Å². The van der Waals surface area contributed by atoms with Gasteiger partial charge < -0.3 is 10.8 Å². The topological polar surface area (TPSA) is 46.2 Å². The van der Waals surface area contributed by atoms with E-state index in [4.69, 9.17) is 5.73 Å². The molecule has 3 atom stereocenters. The van der Waals surface area contributed by atoms with Gasteiger partial charge in [-0.15, -0.1) is 0 Å². The number of nitrogens with two attached hydrogens (primary N) is 1. The lowest BCUT2D eigenvalue weighted by atomic mass is 9.77. The van der Waals surface area contributed by atoms with Crippen LogP contribution in [0.25, 0.3) is 0 Å². The van der Waals surface area contributed by atoms with Crippen LogP contribution >= 0.6 is 0 Å². The van der Waals surface area contributed by atoms with Gasteiger partial charge in [0, 0.05) is 12.0 Å². The molecule has 0 saturated heterocycles. The quantitative estimate of drug-likeness (QED) is 0.826. The Morgan fingerprint density at radius 1 is 1.37 bits per heavy atom. The fourth-order valence-electron chi connectivity index (χ4n) is 3.50. The van der Waals surface area contributed by atoms with Crippen molar-refractivity contribution in [1.82, 2.24) is 0 Å². The minimum Gasteiger partial charge on any atom is -0.392 e. The van der Waals surface area contributed by atoms with Crippen LogP contribution in [0.5, 0.6) is 0 Å². The van der Waals surface area contributed by atoms with Gasteiger partial charge in [-0.2, -0.15) is 0 Å². The smallest absolute Gasteiger partial charge is 0.0611 e. The van der Waals surface area contributed by atoms with E-state index >= 15 is 0 Å². The van der Waals surface area contributed by atoms with Crippen molar-refractivity contribution in [3.05, 3.63) is 35.9 Å². The highest BCUT2D eigenvalue weighted by molar-refractivity contribution is 5.15. The second-order valence-electron chi connectivity index (χ2n) is 6.12. The summed E-state index contributed by atoms with van der Waals surface area (Å²) in [5.41, 5.74) is 7.28. The fraction of sp³-hybridized carbons (Fsp3) is 0.647. The lowest BCUT2D eigenvalue weighted by molar-refractivity contribution is 0.0253. The summed E-state index contributed by atoms with van der Waals surface area (Å²) in [5, 5.41) is 10.6. The van der Waals surface area contributed by atoms with Crippen molar-refractivity contribution in [3.63, 3.8) is 0 Å². The summed E-state index contributed by atoms with van der Waals surface area (Å²) in [7, 11) is 0. The number of benzene rings is 1. The van der Waals surface area contributed by atoms with Gasteiger partial charge in [-0.25, -0.2) is 0 Å². The van der Waals surface area contributed by atoms with Crippen LogP contribution in [-0.4, -0.2) is 17.8 Å². The average Bonchev–Trinajstić information content (AvgIpc) is 2.91. The first-order chi connectivity index (χ1) is 9.20. The van der Waals surface area contributed by atoms with Crippen LogP contribution in [-0.2, 0) is 6.42 Å². The largest absolute Gasteiger partial charge is 0.392 e. The lowest BCUT2D eigenvalue weighted by Gasteiger charge is -2.33. The van der Waals surface area contributed by atoms with E-state index < -0.39 is 0 Å². The number of aryl methyl sites for hydroxylation is 1. The Kier molecular flexibility index (Phi) is 5.00. The molecule has 1 aliphatic rings. The molecule has 3 N–H and O–H groups in total. The Morgan fingerprint density at radius 2 is 2.11 bits per heavy atom.